The number of aromatic nitrogens is 1. The monoisotopic (exact) mass is 294 g/mol. The maximum Gasteiger partial charge on any atom is 0.267 e. The first kappa shape index (κ1) is 14.7. The number of rotatable bonds is 2. The number of amides is 1. The maximum atomic E-state index is 11.7. The van der Waals surface area contributed by atoms with Crippen LogP contribution in [0.15, 0.2) is 24.3 Å². The van der Waals surface area contributed by atoms with Crippen molar-refractivity contribution < 1.29 is 4.79 Å². The van der Waals surface area contributed by atoms with E-state index in [2.05, 4.69) is 26.6 Å². The van der Waals surface area contributed by atoms with Crippen LogP contribution in [-0.2, 0) is 0 Å². The number of piperazine rings is 1. The summed E-state index contributed by atoms with van der Waals surface area (Å²) in [6, 6.07) is 8.10. The van der Waals surface area contributed by atoms with Crippen molar-refractivity contribution >= 4 is 34.9 Å². The molecule has 0 unspecified atom stereocenters. The molecule has 1 saturated heterocycles. The molecular weight excluding hydrogens is 276 g/mol. The fourth-order valence-electron chi connectivity index (χ4n) is 2.58. The smallest absolute Gasteiger partial charge is 0.267 e. The Morgan fingerprint density at radius 2 is 2.05 bits per heavy atom. The van der Waals surface area contributed by atoms with Crippen LogP contribution in [0.25, 0.3) is 10.9 Å². The predicted octanol–water partition coefficient (Wildman–Crippen LogP) is 1.36. The molecule has 1 aromatic carbocycles. The summed E-state index contributed by atoms with van der Waals surface area (Å²) in [6.45, 7) is 4.01. The van der Waals surface area contributed by atoms with Crippen molar-refractivity contribution in [3.63, 3.8) is 0 Å². The highest BCUT2D eigenvalue weighted by atomic mass is 35.5. The number of hydrogen-bond acceptors (Lipinski definition) is 3. The van der Waals surface area contributed by atoms with Crippen LogP contribution in [0.1, 0.15) is 10.5 Å². The number of nitrogens with one attached hydrogen (secondary N) is 3. The van der Waals surface area contributed by atoms with Gasteiger partial charge in [0.1, 0.15) is 5.69 Å². The number of carbonyl (C=O) groups excluding carboxylic acids is 1. The molecule has 1 aliphatic rings. The highest BCUT2D eigenvalue weighted by Gasteiger charge is 2.15. The molecule has 0 spiro atoms. The van der Waals surface area contributed by atoms with Gasteiger partial charge in [0, 0.05) is 49.8 Å². The van der Waals surface area contributed by atoms with Crippen LogP contribution in [0, 0.1) is 0 Å². The van der Waals surface area contributed by atoms with E-state index in [1.807, 2.05) is 18.2 Å². The van der Waals surface area contributed by atoms with Gasteiger partial charge in [-0.15, -0.1) is 12.4 Å². The second-order valence-corrected chi connectivity index (χ2v) is 4.74. The van der Waals surface area contributed by atoms with Crippen molar-refractivity contribution in [1.82, 2.24) is 15.6 Å². The van der Waals surface area contributed by atoms with Gasteiger partial charge in [0.05, 0.1) is 0 Å². The molecule has 1 fully saturated rings. The quantitative estimate of drug-likeness (QED) is 0.784. The lowest BCUT2D eigenvalue weighted by atomic mass is 10.1. The number of hydrogen-bond donors (Lipinski definition) is 3. The van der Waals surface area contributed by atoms with Gasteiger partial charge in [0.25, 0.3) is 5.91 Å². The fraction of sp³-hybridized carbons (Fsp3) is 0.357. The molecule has 5 nitrogen and oxygen atoms in total. The van der Waals surface area contributed by atoms with Crippen molar-refractivity contribution in [3.05, 3.63) is 30.0 Å². The molecule has 108 valence electrons. The van der Waals surface area contributed by atoms with Crippen LogP contribution in [0.4, 0.5) is 5.69 Å². The molecule has 0 radical (unpaired) electrons. The van der Waals surface area contributed by atoms with Crippen LogP contribution in [-0.4, -0.2) is 44.1 Å². The van der Waals surface area contributed by atoms with Crippen molar-refractivity contribution in [2.45, 2.75) is 0 Å². The average Bonchev–Trinajstić information content (AvgIpc) is 2.91. The minimum absolute atomic E-state index is 0. The summed E-state index contributed by atoms with van der Waals surface area (Å²) in [5.41, 5.74) is 2.82. The summed E-state index contributed by atoms with van der Waals surface area (Å²) < 4.78 is 0. The van der Waals surface area contributed by atoms with E-state index in [-0.39, 0.29) is 18.3 Å². The number of aromatic amines is 1. The predicted molar refractivity (Wildman–Crippen MR) is 84.0 cm³/mol. The lowest BCUT2D eigenvalue weighted by molar-refractivity contribution is 0.0959. The third-order valence-electron chi connectivity index (χ3n) is 3.57. The Labute approximate surface area is 124 Å². The van der Waals surface area contributed by atoms with Crippen molar-refractivity contribution in [2.75, 3.05) is 38.1 Å². The van der Waals surface area contributed by atoms with E-state index in [1.165, 1.54) is 5.69 Å². The number of carbonyl (C=O) groups is 1. The Morgan fingerprint density at radius 3 is 2.75 bits per heavy atom. The van der Waals surface area contributed by atoms with Gasteiger partial charge in [0.2, 0.25) is 0 Å². The summed E-state index contributed by atoms with van der Waals surface area (Å²) in [6.07, 6.45) is 0. The van der Waals surface area contributed by atoms with Gasteiger partial charge in [-0.1, -0.05) is 6.07 Å². The Bertz CT molecular complexity index is 604. The second-order valence-electron chi connectivity index (χ2n) is 4.74. The van der Waals surface area contributed by atoms with Gasteiger partial charge in [-0.05, 0) is 18.2 Å². The van der Waals surface area contributed by atoms with E-state index in [0.717, 1.165) is 37.1 Å². The first-order valence-corrected chi connectivity index (χ1v) is 6.59. The minimum Gasteiger partial charge on any atom is -0.368 e. The molecule has 0 saturated carbocycles. The molecule has 2 aromatic rings. The third kappa shape index (κ3) is 2.59. The number of nitrogens with zero attached hydrogens (tertiary/aromatic N) is 1. The van der Waals surface area contributed by atoms with E-state index in [9.17, 15) is 4.79 Å². The van der Waals surface area contributed by atoms with Gasteiger partial charge in [-0.3, -0.25) is 4.79 Å². The standard InChI is InChI=1S/C14H18N4O.ClH/c1-15-14(19)12-9-10-11(17-12)3-2-4-13(10)18-7-5-16-6-8-18;/h2-4,9,16-17H,5-8H2,1H3,(H,15,19);1H. The molecule has 3 N–H and O–H groups in total. The molecule has 6 heteroatoms. The summed E-state index contributed by atoms with van der Waals surface area (Å²) >= 11 is 0. The zero-order valence-corrected chi connectivity index (χ0v) is 12.2. The number of H-pyrrole nitrogens is 1. The molecular formula is C14H19ClN4O. The van der Waals surface area contributed by atoms with E-state index < -0.39 is 0 Å². The largest absolute Gasteiger partial charge is 0.368 e. The van der Waals surface area contributed by atoms with Gasteiger partial charge in [-0.2, -0.15) is 0 Å². The van der Waals surface area contributed by atoms with Gasteiger partial charge in [0.15, 0.2) is 0 Å². The molecule has 1 amide bonds. The summed E-state index contributed by atoms with van der Waals surface area (Å²) in [5, 5.41) is 7.11. The van der Waals surface area contributed by atoms with Crippen LogP contribution in [0.2, 0.25) is 0 Å². The van der Waals surface area contributed by atoms with Crippen molar-refractivity contribution in [3.8, 4) is 0 Å². The first-order valence-electron chi connectivity index (χ1n) is 6.59. The topological polar surface area (TPSA) is 60.2 Å². The lowest BCUT2D eigenvalue weighted by Crippen LogP contribution is -2.43. The molecule has 2 heterocycles. The fourth-order valence-corrected chi connectivity index (χ4v) is 2.58. The Hall–Kier alpha value is -1.72. The minimum atomic E-state index is -0.0811. The Balaban J connectivity index is 0.00000147. The number of fused-ring (bicyclic) bond motifs is 1. The summed E-state index contributed by atoms with van der Waals surface area (Å²) in [4.78, 5) is 17.2. The molecule has 1 aromatic heterocycles. The van der Waals surface area contributed by atoms with E-state index in [4.69, 9.17) is 0 Å². The van der Waals surface area contributed by atoms with Gasteiger partial charge >= 0.3 is 0 Å². The van der Waals surface area contributed by atoms with Crippen LogP contribution in [0.3, 0.4) is 0 Å². The lowest BCUT2D eigenvalue weighted by Gasteiger charge is -2.30. The van der Waals surface area contributed by atoms with E-state index >= 15 is 0 Å². The van der Waals surface area contributed by atoms with Gasteiger partial charge < -0.3 is 20.5 Å². The molecule has 1 aliphatic heterocycles. The Morgan fingerprint density at radius 1 is 1.30 bits per heavy atom. The van der Waals surface area contributed by atoms with Crippen LogP contribution >= 0.6 is 12.4 Å². The molecule has 3 rings (SSSR count). The van der Waals surface area contributed by atoms with Crippen molar-refractivity contribution in [2.24, 2.45) is 0 Å². The molecule has 20 heavy (non-hydrogen) atoms. The molecule has 0 bridgehead atoms. The Kier molecular flexibility index (Phi) is 4.52. The second kappa shape index (κ2) is 6.15. The van der Waals surface area contributed by atoms with E-state index in [1.54, 1.807) is 7.05 Å². The number of halogens is 1. The normalized spacial score (nSPS) is 14.9. The SMILES string of the molecule is CNC(=O)c1cc2c(N3CCNCC3)cccc2[nH]1.Cl. The van der Waals surface area contributed by atoms with E-state index in [0.29, 0.717) is 5.69 Å². The van der Waals surface area contributed by atoms with Crippen LogP contribution in [0.5, 0.6) is 0 Å². The average molecular weight is 295 g/mol. The summed E-state index contributed by atoms with van der Waals surface area (Å²) in [7, 11) is 1.64. The summed E-state index contributed by atoms with van der Waals surface area (Å²) in [5.74, 6) is -0.0811. The van der Waals surface area contributed by atoms with Gasteiger partial charge in [-0.25, -0.2) is 0 Å². The number of benzene rings is 1. The first-order chi connectivity index (χ1) is 9.29. The highest BCUT2D eigenvalue weighted by molar-refractivity contribution is 6.01. The van der Waals surface area contributed by atoms with Crippen molar-refractivity contribution in [1.29, 1.82) is 0 Å². The molecule has 0 aliphatic carbocycles. The zero-order valence-electron chi connectivity index (χ0n) is 11.4. The zero-order chi connectivity index (χ0) is 13.2. The molecule has 0 atom stereocenters. The highest BCUT2D eigenvalue weighted by Crippen LogP contribution is 2.27. The third-order valence-corrected chi connectivity index (χ3v) is 3.57. The number of anilines is 1. The maximum absolute atomic E-state index is 11.7. The van der Waals surface area contributed by atoms with Crippen LogP contribution < -0.4 is 15.5 Å².